The molecule has 1 rings (SSSR count). The van der Waals surface area contributed by atoms with Crippen LogP contribution in [0.2, 0.25) is 0 Å². The zero-order chi connectivity index (χ0) is 8.27. The molecule has 1 saturated heterocycles. The number of carbonyl (C=O) groups excluding carboxylic acids is 1. The Labute approximate surface area is 65.1 Å². The lowest BCUT2D eigenvalue weighted by atomic mass is 10.3. The highest BCUT2D eigenvalue weighted by molar-refractivity contribution is 5.68. The highest BCUT2D eigenvalue weighted by atomic mass is 16.6. The third-order valence-electron chi connectivity index (χ3n) is 1.56. The first-order chi connectivity index (χ1) is 5.27. The van der Waals surface area contributed by atoms with Crippen LogP contribution in [0, 0.1) is 0 Å². The zero-order valence-electron chi connectivity index (χ0n) is 6.45. The Morgan fingerprint density at radius 2 is 2.36 bits per heavy atom. The molecule has 0 saturated carbocycles. The smallest absolute Gasteiger partial charge is 0.305 e. The van der Waals surface area contributed by atoms with Crippen molar-refractivity contribution in [1.82, 2.24) is 0 Å². The average Bonchev–Trinajstić information content (AvgIpc) is 2.78. The van der Waals surface area contributed by atoms with Crippen molar-refractivity contribution in [3.05, 3.63) is 0 Å². The van der Waals surface area contributed by atoms with Gasteiger partial charge in [-0.2, -0.15) is 0 Å². The quantitative estimate of drug-likeness (QED) is 0.453. The minimum absolute atomic E-state index is 0.00828. The molecule has 64 valence electrons. The van der Waals surface area contributed by atoms with E-state index in [0.717, 1.165) is 0 Å². The maximum Gasteiger partial charge on any atom is 0.305 e. The van der Waals surface area contributed by atoms with E-state index in [9.17, 15) is 4.79 Å². The minimum atomic E-state index is -0.225. The van der Waals surface area contributed by atoms with Crippen molar-refractivity contribution in [2.75, 3.05) is 13.2 Å². The van der Waals surface area contributed by atoms with Crippen LogP contribution in [-0.4, -0.2) is 36.5 Å². The third kappa shape index (κ3) is 2.48. The van der Waals surface area contributed by atoms with E-state index >= 15 is 0 Å². The predicted octanol–water partition coefficient (Wildman–Crippen LogP) is -0.301. The second kappa shape index (κ2) is 3.69. The number of esters is 1. The number of hydrogen-bond acceptors (Lipinski definition) is 4. The summed E-state index contributed by atoms with van der Waals surface area (Å²) in [6.07, 6.45) is 0.200. The molecule has 1 aliphatic heterocycles. The number of ether oxygens (including phenoxy) is 2. The lowest BCUT2D eigenvalue weighted by Crippen LogP contribution is -2.11. The Hall–Kier alpha value is -0.610. The van der Waals surface area contributed by atoms with Crippen LogP contribution in [0.25, 0.3) is 0 Å². The molecular formula is C7H12O4. The predicted molar refractivity (Wildman–Crippen MR) is 37.0 cm³/mol. The molecule has 0 aliphatic carbocycles. The van der Waals surface area contributed by atoms with Crippen LogP contribution in [0.3, 0.4) is 0 Å². The fourth-order valence-electron chi connectivity index (χ4n) is 0.764. The molecule has 1 heterocycles. The molecule has 1 fully saturated rings. The van der Waals surface area contributed by atoms with E-state index in [1.165, 1.54) is 0 Å². The molecule has 0 aromatic rings. The van der Waals surface area contributed by atoms with E-state index in [1.54, 1.807) is 6.92 Å². The molecule has 0 bridgehead atoms. The van der Waals surface area contributed by atoms with Crippen molar-refractivity contribution >= 4 is 5.97 Å². The van der Waals surface area contributed by atoms with E-state index in [1.807, 2.05) is 0 Å². The van der Waals surface area contributed by atoms with Gasteiger partial charge >= 0.3 is 5.97 Å². The summed E-state index contributed by atoms with van der Waals surface area (Å²) in [6.45, 7) is 2.02. The van der Waals surface area contributed by atoms with Crippen molar-refractivity contribution < 1.29 is 19.4 Å². The van der Waals surface area contributed by atoms with Gasteiger partial charge in [-0.05, 0) is 0 Å². The van der Waals surface area contributed by atoms with Crippen molar-refractivity contribution in [1.29, 1.82) is 0 Å². The molecule has 0 unspecified atom stereocenters. The van der Waals surface area contributed by atoms with Crippen LogP contribution >= 0.6 is 0 Å². The first-order valence-electron chi connectivity index (χ1n) is 3.70. The topological polar surface area (TPSA) is 59.1 Å². The number of rotatable bonds is 4. The lowest BCUT2D eigenvalue weighted by molar-refractivity contribution is -0.143. The van der Waals surface area contributed by atoms with Crippen LogP contribution in [0.15, 0.2) is 0 Å². The van der Waals surface area contributed by atoms with Crippen LogP contribution in [0.4, 0.5) is 0 Å². The molecule has 2 atom stereocenters. The van der Waals surface area contributed by atoms with Gasteiger partial charge in [0.2, 0.25) is 0 Å². The van der Waals surface area contributed by atoms with Gasteiger partial charge in [-0.15, -0.1) is 0 Å². The largest absolute Gasteiger partial charge is 0.463 e. The van der Waals surface area contributed by atoms with Gasteiger partial charge < -0.3 is 14.6 Å². The van der Waals surface area contributed by atoms with Crippen molar-refractivity contribution in [2.24, 2.45) is 0 Å². The van der Waals surface area contributed by atoms with E-state index in [2.05, 4.69) is 0 Å². The molecule has 0 radical (unpaired) electrons. The summed E-state index contributed by atoms with van der Waals surface area (Å²) >= 11 is 0. The molecule has 4 nitrogen and oxygen atoms in total. The third-order valence-corrected chi connectivity index (χ3v) is 1.56. The van der Waals surface area contributed by atoms with E-state index in [0.29, 0.717) is 6.42 Å². The number of aliphatic hydroxyl groups is 1. The lowest BCUT2D eigenvalue weighted by Gasteiger charge is -1.98. The molecule has 1 N–H and O–H groups in total. The van der Waals surface area contributed by atoms with Crippen LogP contribution in [0.1, 0.15) is 13.3 Å². The van der Waals surface area contributed by atoms with Crippen LogP contribution in [-0.2, 0) is 14.3 Å². The summed E-state index contributed by atoms with van der Waals surface area (Å²) < 4.78 is 9.71. The van der Waals surface area contributed by atoms with E-state index in [-0.39, 0.29) is 31.4 Å². The van der Waals surface area contributed by atoms with Gasteiger partial charge in [-0.3, -0.25) is 4.79 Å². The minimum Gasteiger partial charge on any atom is -0.463 e. The molecule has 0 amide bonds. The SMILES string of the molecule is CCC(=O)OC[C@H]1O[C@H]1CO. The Morgan fingerprint density at radius 3 is 2.82 bits per heavy atom. The first kappa shape index (κ1) is 8.49. The van der Waals surface area contributed by atoms with E-state index < -0.39 is 0 Å². The monoisotopic (exact) mass is 160 g/mol. The first-order valence-corrected chi connectivity index (χ1v) is 3.70. The van der Waals surface area contributed by atoms with Crippen molar-refractivity contribution in [3.63, 3.8) is 0 Å². The molecular weight excluding hydrogens is 148 g/mol. The maximum absolute atomic E-state index is 10.6. The normalized spacial score (nSPS) is 28.2. The second-order valence-corrected chi connectivity index (χ2v) is 2.43. The number of epoxide rings is 1. The van der Waals surface area contributed by atoms with Crippen LogP contribution in [0.5, 0.6) is 0 Å². The molecule has 0 spiro atoms. The molecule has 1 aliphatic rings. The summed E-state index contributed by atoms with van der Waals surface area (Å²) in [7, 11) is 0. The van der Waals surface area contributed by atoms with Crippen LogP contribution < -0.4 is 0 Å². The highest BCUT2D eigenvalue weighted by Crippen LogP contribution is 2.21. The Bertz CT molecular complexity index is 145. The van der Waals surface area contributed by atoms with Gasteiger partial charge in [0.25, 0.3) is 0 Å². The van der Waals surface area contributed by atoms with Gasteiger partial charge in [-0.25, -0.2) is 0 Å². The number of aliphatic hydroxyl groups excluding tert-OH is 1. The summed E-state index contributed by atoms with van der Waals surface area (Å²) in [5, 5.41) is 8.53. The Kier molecular flexibility index (Phi) is 2.84. The maximum atomic E-state index is 10.6. The average molecular weight is 160 g/mol. The molecule has 0 aromatic heterocycles. The van der Waals surface area contributed by atoms with Gasteiger partial charge in [0.1, 0.15) is 18.8 Å². The van der Waals surface area contributed by atoms with E-state index in [4.69, 9.17) is 14.6 Å². The fraction of sp³-hybridized carbons (Fsp3) is 0.857. The number of carbonyl (C=O) groups is 1. The summed E-state index contributed by atoms with van der Waals surface area (Å²) in [6, 6.07) is 0. The Balaban J connectivity index is 2.01. The zero-order valence-corrected chi connectivity index (χ0v) is 6.45. The second-order valence-electron chi connectivity index (χ2n) is 2.43. The Morgan fingerprint density at radius 1 is 1.64 bits per heavy atom. The molecule has 4 heteroatoms. The van der Waals surface area contributed by atoms with Gasteiger partial charge in [0.15, 0.2) is 0 Å². The standard InChI is InChI=1S/C7H12O4/c1-2-7(9)10-4-6-5(3-8)11-6/h5-6,8H,2-4H2,1H3/t5-,6+/m0/s1. The highest BCUT2D eigenvalue weighted by Gasteiger charge is 2.38. The summed E-state index contributed by atoms with van der Waals surface area (Å²) in [4.78, 5) is 10.6. The number of hydrogen-bond donors (Lipinski definition) is 1. The summed E-state index contributed by atoms with van der Waals surface area (Å²) in [5.74, 6) is -0.225. The van der Waals surface area contributed by atoms with Crippen molar-refractivity contribution in [2.45, 2.75) is 25.6 Å². The fourth-order valence-corrected chi connectivity index (χ4v) is 0.764. The summed E-state index contributed by atoms with van der Waals surface area (Å²) in [5.41, 5.74) is 0. The van der Waals surface area contributed by atoms with Crippen molar-refractivity contribution in [3.8, 4) is 0 Å². The molecule has 0 aromatic carbocycles. The van der Waals surface area contributed by atoms with Gasteiger partial charge in [-0.1, -0.05) is 6.92 Å². The molecule has 11 heavy (non-hydrogen) atoms. The van der Waals surface area contributed by atoms with Gasteiger partial charge in [0, 0.05) is 6.42 Å². The van der Waals surface area contributed by atoms with Gasteiger partial charge in [0.05, 0.1) is 6.61 Å².